The van der Waals surface area contributed by atoms with E-state index >= 15 is 0 Å². The zero-order valence-corrected chi connectivity index (χ0v) is 10.2. The molecule has 1 N–H and O–H groups in total. The van der Waals surface area contributed by atoms with Crippen LogP contribution in [0.1, 0.15) is 51.9 Å². The van der Waals surface area contributed by atoms with Crippen LogP contribution in [0, 0.1) is 5.92 Å². The van der Waals surface area contributed by atoms with Gasteiger partial charge < -0.3 is 10.1 Å². The summed E-state index contributed by atoms with van der Waals surface area (Å²) in [6.45, 7) is 3.16. The number of esters is 1. The molecule has 1 saturated carbocycles. The van der Waals surface area contributed by atoms with Crippen LogP contribution in [0.5, 0.6) is 0 Å². The van der Waals surface area contributed by atoms with Gasteiger partial charge in [0, 0.05) is 0 Å². The minimum absolute atomic E-state index is 0.0153. The highest BCUT2D eigenvalue weighted by atomic mass is 16.5. The Bertz CT molecular complexity index is 236. The van der Waals surface area contributed by atoms with Crippen LogP contribution in [0.3, 0.4) is 0 Å². The molecule has 1 saturated heterocycles. The third-order valence-corrected chi connectivity index (χ3v) is 3.90. The number of nitrogens with one attached hydrogen (secondary N) is 1. The molecule has 0 amide bonds. The molecule has 0 aromatic heterocycles. The summed E-state index contributed by atoms with van der Waals surface area (Å²) in [7, 11) is 0. The van der Waals surface area contributed by atoms with Gasteiger partial charge in [-0.15, -0.1) is 0 Å². The molecule has 0 bridgehead atoms. The molecule has 2 aliphatic rings. The molecular weight excluding hydrogens is 202 g/mol. The summed E-state index contributed by atoms with van der Waals surface area (Å²) in [5, 5.41) is 3.25. The zero-order chi connectivity index (χ0) is 11.4. The number of hydrogen-bond donors (Lipinski definition) is 1. The van der Waals surface area contributed by atoms with Gasteiger partial charge in [0.05, 0.1) is 0 Å². The second-order valence-corrected chi connectivity index (χ2v) is 5.24. The zero-order valence-electron chi connectivity index (χ0n) is 10.2. The lowest BCUT2D eigenvalue weighted by Crippen LogP contribution is -2.43. The molecule has 0 aromatic rings. The second-order valence-electron chi connectivity index (χ2n) is 5.24. The van der Waals surface area contributed by atoms with Crippen LogP contribution in [0.25, 0.3) is 0 Å². The minimum atomic E-state index is -0.0390. The van der Waals surface area contributed by atoms with Gasteiger partial charge in [0.2, 0.25) is 0 Å². The molecule has 1 aliphatic heterocycles. The third-order valence-electron chi connectivity index (χ3n) is 3.90. The number of hydrogen-bond acceptors (Lipinski definition) is 3. The predicted molar refractivity (Wildman–Crippen MR) is 63.2 cm³/mol. The summed E-state index contributed by atoms with van der Waals surface area (Å²) in [4.78, 5) is 11.9. The SMILES string of the molecule is CC1CCCCC1OC(=O)[C@@H]1CCCCN1. The van der Waals surface area contributed by atoms with Gasteiger partial charge >= 0.3 is 5.97 Å². The Balaban J connectivity index is 1.80. The molecule has 3 atom stereocenters. The maximum Gasteiger partial charge on any atom is 0.323 e. The van der Waals surface area contributed by atoms with E-state index in [4.69, 9.17) is 4.74 Å². The van der Waals surface area contributed by atoms with E-state index in [0.717, 1.165) is 25.8 Å². The second kappa shape index (κ2) is 5.67. The van der Waals surface area contributed by atoms with E-state index in [1.165, 1.54) is 25.7 Å². The highest BCUT2D eigenvalue weighted by Gasteiger charge is 2.28. The van der Waals surface area contributed by atoms with Crippen LogP contribution in [0.4, 0.5) is 0 Å². The van der Waals surface area contributed by atoms with Gasteiger partial charge in [0.25, 0.3) is 0 Å². The fraction of sp³-hybridized carbons (Fsp3) is 0.923. The molecule has 1 aliphatic carbocycles. The van der Waals surface area contributed by atoms with Gasteiger partial charge in [-0.3, -0.25) is 4.79 Å². The number of piperidine rings is 1. The lowest BCUT2D eigenvalue weighted by molar-refractivity contribution is -0.156. The Morgan fingerprint density at radius 2 is 1.88 bits per heavy atom. The number of carbonyl (C=O) groups excluding carboxylic acids is 1. The van der Waals surface area contributed by atoms with Crippen LogP contribution in [-0.2, 0) is 9.53 Å². The fourth-order valence-electron chi connectivity index (χ4n) is 2.74. The van der Waals surface area contributed by atoms with Crippen molar-refractivity contribution < 1.29 is 9.53 Å². The Labute approximate surface area is 97.9 Å². The summed E-state index contributed by atoms with van der Waals surface area (Å²) in [6.07, 6.45) is 8.20. The van der Waals surface area contributed by atoms with Crippen molar-refractivity contribution >= 4 is 5.97 Å². The molecule has 0 spiro atoms. The summed E-state index contributed by atoms with van der Waals surface area (Å²) in [5.41, 5.74) is 0. The molecule has 2 fully saturated rings. The van der Waals surface area contributed by atoms with E-state index in [1.54, 1.807) is 0 Å². The summed E-state index contributed by atoms with van der Waals surface area (Å²) < 4.78 is 5.64. The summed E-state index contributed by atoms with van der Waals surface area (Å²) in [6, 6.07) is -0.0390. The predicted octanol–water partition coefficient (Wildman–Crippen LogP) is 2.25. The molecule has 3 heteroatoms. The molecule has 0 aromatic carbocycles. The standard InChI is InChI=1S/C13H23NO2/c1-10-6-2-3-8-12(10)16-13(15)11-7-4-5-9-14-11/h10-12,14H,2-9H2,1H3/t10?,11-,12?/m0/s1. The number of rotatable bonds is 2. The van der Waals surface area contributed by atoms with Crippen LogP contribution < -0.4 is 5.32 Å². The van der Waals surface area contributed by atoms with Crippen LogP contribution in [-0.4, -0.2) is 24.7 Å². The van der Waals surface area contributed by atoms with E-state index < -0.39 is 0 Å². The quantitative estimate of drug-likeness (QED) is 0.733. The van der Waals surface area contributed by atoms with Gasteiger partial charge in [-0.25, -0.2) is 0 Å². The largest absolute Gasteiger partial charge is 0.461 e. The van der Waals surface area contributed by atoms with E-state index in [9.17, 15) is 4.79 Å². The Morgan fingerprint density at radius 3 is 2.56 bits per heavy atom. The van der Waals surface area contributed by atoms with Crippen molar-refractivity contribution in [1.82, 2.24) is 5.32 Å². The normalized spacial score (nSPS) is 35.7. The van der Waals surface area contributed by atoms with Gasteiger partial charge in [-0.2, -0.15) is 0 Å². The average molecular weight is 225 g/mol. The number of ether oxygens (including phenoxy) is 1. The van der Waals surface area contributed by atoms with Crippen LogP contribution in [0.15, 0.2) is 0 Å². The first-order valence-corrected chi connectivity index (χ1v) is 6.71. The maximum absolute atomic E-state index is 11.9. The lowest BCUT2D eigenvalue weighted by Gasteiger charge is -2.31. The topological polar surface area (TPSA) is 38.3 Å². The van der Waals surface area contributed by atoms with E-state index in [1.807, 2.05) is 0 Å². The van der Waals surface area contributed by atoms with Gasteiger partial charge in [-0.05, 0) is 44.6 Å². The molecule has 1 heterocycles. The molecule has 0 radical (unpaired) electrons. The highest BCUT2D eigenvalue weighted by Crippen LogP contribution is 2.26. The van der Waals surface area contributed by atoms with Crippen molar-refractivity contribution in [3.05, 3.63) is 0 Å². The van der Waals surface area contributed by atoms with E-state index in [2.05, 4.69) is 12.2 Å². The highest BCUT2D eigenvalue weighted by molar-refractivity contribution is 5.76. The van der Waals surface area contributed by atoms with Crippen molar-refractivity contribution in [3.8, 4) is 0 Å². The first-order valence-electron chi connectivity index (χ1n) is 6.71. The third kappa shape index (κ3) is 2.97. The first-order chi connectivity index (χ1) is 7.77. The summed E-state index contributed by atoms with van der Waals surface area (Å²) in [5.74, 6) is 0.528. The van der Waals surface area contributed by atoms with Crippen molar-refractivity contribution in [2.24, 2.45) is 5.92 Å². The molecule has 16 heavy (non-hydrogen) atoms. The van der Waals surface area contributed by atoms with Gasteiger partial charge in [0.1, 0.15) is 12.1 Å². The Morgan fingerprint density at radius 1 is 1.12 bits per heavy atom. The van der Waals surface area contributed by atoms with Crippen molar-refractivity contribution in [1.29, 1.82) is 0 Å². The van der Waals surface area contributed by atoms with E-state index in [0.29, 0.717) is 5.92 Å². The fourth-order valence-corrected chi connectivity index (χ4v) is 2.74. The Hall–Kier alpha value is -0.570. The monoisotopic (exact) mass is 225 g/mol. The summed E-state index contributed by atoms with van der Waals surface area (Å²) >= 11 is 0. The van der Waals surface area contributed by atoms with Crippen molar-refractivity contribution in [2.75, 3.05) is 6.54 Å². The van der Waals surface area contributed by atoms with Crippen LogP contribution in [0.2, 0.25) is 0 Å². The smallest absolute Gasteiger partial charge is 0.323 e. The first kappa shape index (κ1) is 11.9. The van der Waals surface area contributed by atoms with Crippen molar-refractivity contribution in [3.63, 3.8) is 0 Å². The molecular formula is C13H23NO2. The molecule has 2 rings (SSSR count). The molecule has 3 nitrogen and oxygen atoms in total. The molecule has 92 valence electrons. The minimum Gasteiger partial charge on any atom is -0.461 e. The average Bonchev–Trinajstić information content (AvgIpc) is 2.33. The molecule has 2 unspecified atom stereocenters. The number of carbonyl (C=O) groups is 1. The lowest BCUT2D eigenvalue weighted by atomic mass is 9.88. The Kier molecular flexibility index (Phi) is 4.22. The van der Waals surface area contributed by atoms with Crippen molar-refractivity contribution in [2.45, 2.75) is 64.0 Å². The van der Waals surface area contributed by atoms with Gasteiger partial charge in [0.15, 0.2) is 0 Å². The maximum atomic E-state index is 11.9. The van der Waals surface area contributed by atoms with Gasteiger partial charge in [-0.1, -0.05) is 19.8 Å². The van der Waals surface area contributed by atoms with Crippen LogP contribution >= 0.6 is 0 Å². The van der Waals surface area contributed by atoms with E-state index in [-0.39, 0.29) is 18.1 Å².